The van der Waals surface area contributed by atoms with Crippen molar-refractivity contribution in [1.82, 2.24) is 0 Å². The SMILES string of the molecule is C=C.O=S([O-])O.[H-].[Na+]. The Balaban J connectivity index is -0.0000000183. The van der Waals surface area contributed by atoms with Crippen LogP contribution in [0.2, 0.25) is 0 Å². The molecule has 3 nitrogen and oxygen atoms in total. The van der Waals surface area contributed by atoms with Gasteiger partial charge in [-0.2, -0.15) is 0 Å². The molecule has 0 amide bonds. The van der Waals surface area contributed by atoms with Crippen molar-refractivity contribution in [2.75, 3.05) is 0 Å². The van der Waals surface area contributed by atoms with Crippen molar-refractivity contribution in [3.8, 4) is 0 Å². The zero-order valence-electron chi connectivity index (χ0n) is 5.09. The Morgan fingerprint density at radius 2 is 1.71 bits per heavy atom. The molecular formula is C2H6NaO3S-. The van der Waals surface area contributed by atoms with Crippen LogP contribution in [0.1, 0.15) is 1.43 Å². The molecule has 0 aliphatic heterocycles. The van der Waals surface area contributed by atoms with E-state index in [1.165, 1.54) is 0 Å². The smallest absolute Gasteiger partial charge is 1.00 e. The van der Waals surface area contributed by atoms with E-state index in [0.717, 1.165) is 0 Å². The van der Waals surface area contributed by atoms with Gasteiger partial charge in [-0.3, -0.25) is 0 Å². The van der Waals surface area contributed by atoms with Crippen LogP contribution in [0.15, 0.2) is 13.2 Å². The van der Waals surface area contributed by atoms with Crippen molar-refractivity contribution in [2.24, 2.45) is 0 Å². The summed E-state index contributed by atoms with van der Waals surface area (Å²) in [6.45, 7) is 6.00. The van der Waals surface area contributed by atoms with Crippen LogP contribution >= 0.6 is 0 Å². The van der Waals surface area contributed by atoms with E-state index in [2.05, 4.69) is 13.2 Å². The molecule has 0 rings (SSSR count). The normalized spacial score (nSPS) is 9.43. The van der Waals surface area contributed by atoms with E-state index in [9.17, 15) is 0 Å². The van der Waals surface area contributed by atoms with Gasteiger partial charge in [0.15, 0.2) is 0 Å². The van der Waals surface area contributed by atoms with Crippen LogP contribution in [0.4, 0.5) is 0 Å². The van der Waals surface area contributed by atoms with Gasteiger partial charge in [0.05, 0.1) is 11.4 Å². The van der Waals surface area contributed by atoms with Crippen molar-refractivity contribution < 1.29 is 44.3 Å². The third-order valence-corrected chi connectivity index (χ3v) is 0. The summed E-state index contributed by atoms with van der Waals surface area (Å²) in [7, 11) is 0. The Morgan fingerprint density at radius 3 is 1.71 bits per heavy atom. The number of hydrogen-bond donors (Lipinski definition) is 1. The minimum absolute atomic E-state index is 0. The van der Waals surface area contributed by atoms with Crippen molar-refractivity contribution in [2.45, 2.75) is 0 Å². The van der Waals surface area contributed by atoms with E-state index in [-0.39, 0.29) is 31.0 Å². The van der Waals surface area contributed by atoms with Crippen LogP contribution in [0.5, 0.6) is 0 Å². The first-order chi connectivity index (χ1) is 2.73. The van der Waals surface area contributed by atoms with E-state index >= 15 is 0 Å². The zero-order chi connectivity index (χ0) is 5.58. The van der Waals surface area contributed by atoms with Gasteiger partial charge in [0.1, 0.15) is 0 Å². The van der Waals surface area contributed by atoms with E-state index in [0.29, 0.717) is 0 Å². The van der Waals surface area contributed by atoms with Gasteiger partial charge in [0.2, 0.25) is 0 Å². The molecule has 1 N–H and O–H groups in total. The van der Waals surface area contributed by atoms with Crippen molar-refractivity contribution >= 4 is 11.4 Å². The molecule has 0 fully saturated rings. The summed E-state index contributed by atoms with van der Waals surface area (Å²) < 4.78 is 24.1. The van der Waals surface area contributed by atoms with Gasteiger partial charge < -0.3 is 10.5 Å². The first kappa shape index (κ1) is 15.7. The molecule has 0 aromatic carbocycles. The molecule has 0 aromatic heterocycles. The van der Waals surface area contributed by atoms with Gasteiger partial charge in [0.25, 0.3) is 0 Å². The average Bonchev–Trinajstić information content (AvgIpc) is 1.41. The monoisotopic (exact) mass is 133 g/mol. The molecule has 7 heavy (non-hydrogen) atoms. The average molecular weight is 133 g/mol. The standard InChI is InChI=1S/C2H4.Na.H2O3S.H/c1-2;;1-4(2)3;/h1-2H2;;(H2,1,2,3);/q;+1;;-1/p-1. The summed E-state index contributed by atoms with van der Waals surface area (Å²) in [5, 5.41) is 0. The Labute approximate surface area is 68.7 Å². The van der Waals surface area contributed by atoms with Crippen molar-refractivity contribution in [1.29, 1.82) is 0 Å². The van der Waals surface area contributed by atoms with E-state index in [4.69, 9.17) is 13.3 Å². The third kappa shape index (κ3) is 240. The molecule has 0 saturated heterocycles. The molecule has 1 atom stereocenters. The Bertz CT molecular complexity index is 48.5. The molecule has 0 heterocycles. The fraction of sp³-hybridized carbons (Fsp3) is 0. The predicted octanol–water partition coefficient (Wildman–Crippen LogP) is -2.74. The molecule has 0 spiro atoms. The Kier molecular flexibility index (Phi) is 35.4. The first-order valence-electron chi connectivity index (χ1n) is 1.02. The molecule has 40 valence electrons. The van der Waals surface area contributed by atoms with E-state index < -0.39 is 11.4 Å². The van der Waals surface area contributed by atoms with E-state index in [1.54, 1.807) is 0 Å². The Hall–Kier alpha value is 0.810. The van der Waals surface area contributed by atoms with Crippen LogP contribution in [0.3, 0.4) is 0 Å². The molecule has 0 bridgehead atoms. The number of hydrogen-bond acceptors (Lipinski definition) is 2. The van der Waals surface area contributed by atoms with Gasteiger partial charge in [-0.05, 0) is 0 Å². The molecule has 0 aromatic rings. The van der Waals surface area contributed by atoms with Crippen molar-refractivity contribution in [3.05, 3.63) is 13.2 Å². The summed E-state index contributed by atoms with van der Waals surface area (Å²) in [5.41, 5.74) is 0. The number of rotatable bonds is 0. The summed E-state index contributed by atoms with van der Waals surface area (Å²) in [4.78, 5) is 0. The largest absolute Gasteiger partial charge is 1.00 e. The van der Waals surface area contributed by atoms with Gasteiger partial charge in [-0.1, -0.05) is 0 Å². The third-order valence-electron chi connectivity index (χ3n) is 0. The second-order valence-corrected chi connectivity index (χ2v) is 0.651. The fourth-order valence-electron chi connectivity index (χ4n) is 0. The maximum atomic E-state index is 8.56. The summed E-state index contributed by atoms with van der Waals surface area (Å²) in [6, 6.07) is 0. The van der Waals surface area contributed by atoms with E-state index in [1.807, 2.05) is 0 Å². The molecule has 0 aliphatic rings. The summed E-state index contributed by atoms with van der Waals surface area (Å²) >= 11 is -2.86. The van der Waals surface area contributed by atoms with Gasteiger partial charge in [-0.15, -0.1) is 13.2 Å². The molecular weight excluding hydrogens is 127 g/mol. The van der Waals surface area contributed by atoms with Crippen LogP contribution in [-0.4, -0.2) is 13.3 Å². The molecule has 5 heteroatoms. The van der Waals surface area contributed by atoms with Crippen LogP contribution in [0, 0.1) is 0 Å². The quantitative estimate of drug-likeness (QED) is 0.221. The van der Waals surface area contributed by atoms with Gasteiger partial charge in [-0.25, -0.2) is 4.21 Å². The van der Waals surface area contributed by atoms with Crippen LogP contribution < -0.4 is 29.6 Å². The fourth-order valence-corrected chi connectivity index (χ4v) is 0. The van der Waals surface area contributed by atoms with Gasteiger partial charge >= 0.3 is 29.6 Å². The minimum Gasteiger partial charge on any atom is -1.00 e. The first-order valence-corrected chi connectivity index (χ1v) is 2.05. The summed E-state index contributed by atoms with van der Waals surface area (Å²) in [5.74, 6) is 0. The van der Waals surface area contributed by atoms with Gasteiger partial charge in [0, 0.05) is 0 Å². The molecule has 0 radical (unpaired) electrons. The maximum Gasteiger partial charge on any atom is 1.00 e. The molecule has 1 unspecified atom stereocenters. The maximum absolute atomic E-state index is 8.56. The Morgan fingerprint density at radius 1 is 1.71 bits per heavy atom. The second-order valence-electron chi connectivity index (χ2n) is 0.217. The van der Waals surface area contributed by atoms with Crippen LogP contribution in [0.25, 0.3) is 0 Å². The predicted molar refractivity (Wildman–Crippen MR) is 23.9 cm³/mol. The second kappa shape index (κ2) is 15.8. The topological polar surface area (TPSA) is 60.4 Å². The zero-order valence-corrected chi connectivity index (χ0v) is 6.90. The molecule has 0 saturated carbocycles. The van der Waals surface area contributed by atoms with Crippen LogP contribution in [-0.2, 0) is 11.4 Å². The van der Waals surface area contributed by atoms with Crippen molar-refractivity contribution in [3.63, 3.8) is 0 Å². The minimum atomic E-state index is -2.86. The summed E-state index contributed by atoms with van der Waals surface area (Å²) in [6.07, 6.45) is 0. The molecule has 0 aliphatic carbocycles.